The van der Waals surface area contributed by atoms with Gasteiger partial charge in [0.15, 0.2) is 0 Å². The highest BCUT2D eigenvalue weighted by molar-refractivity contribution is 7.12. The first kappa shape index (κ1) is 15.9. The number of aromatic nitrogens is 1. The van der Waals surface area contributed by atoms with E-state index in [1.165, 1.54) is 23.8 Å². The minimum Gasteiger partial charge on any atom is -0.477 e. The Morgan fingerprint density at radius 2 is 2.00 bits per heavy atom. The Morgan fingerprint density at radius 3 is 2.67 bits per heavy atom. The molecule has 0 saturated heterocycles. The van der Waals surface area contributed by atoms with Gasteiger partial charge >= 0.3 is 5.97 Å². The van der Waals surface area contributed by atoms with Crippen molar-refractivity contribution < 1.29 is 19.5 Å². The van der Waals surface area contributed by atoms with Crippen molar-refractivity contribution in [3.05, 3.63) is 57.9 Å². The predicted octanol–water partition coefficient (Wildman–Crippen LogP) is 2.99. The zero-order chi connectivity index (χ0) is 17.3. The molecule has 0 aliphatic heterocycles. The molecule has 3 aromatic rings. The van der Waals surface area contributed by atoms with Crippen molar-refractivity contribution in [1.29, 1.82) is 0 Å². The van der Waals surface area contributed by atoms with Crippen LogP contribution in [0.2, 0.25) is 0 Å². The molecule has 7 heteroatoms. The molecule has 1 aromatic carbocycles. The van der Waals surface area contributed by atoms with Crippen LogP contribution in [0, 0.1) is 0 Å². The summed E-state index contributed by atoms with van der Waals surface area (Å²) in [6, 6.07) is 8.72. The van der Waals surface area contributed by atoms with Crippen LogP contribution < -0.4 is 5.32 Å². The highest BCUT2D eigenvalue weighted by Crippen LogP contribution is 2.21. The largest absolute Gasteiger partial charge is 0.477 e. The number of amides is 1. The second-order valence-electron chi connectivity index (χ2n) is 5.26. The molecule has 0 unspecified atom stereocenters. The van der Waals surface area contributed by atoms with Crippen LogP contribution in [0.4, 0.5) is 0 Å². The molecular weight excluding hydrogens is 328 g/mol. The first-order chi connectivity index (χ1) is 11.5. The summed E-state index contributed by atoms with van der Waals surface area (Å²) in [6.45, 7) is 1.66. The van der Waals surface area contributed by atoms with Crippen molar-refractivity contribution in [2.45, 2.75) is 13.5 Å². The lowest BCUT2D eigenvalue weighted by atomic mass is 10.1. The topological polar surface area (TPSA) is 88.4 Å². The fraction of sp³-hybridized carbons (Fsp3) is 0.118. The highest BCUT2D eigenvalue weighted by atomic mass is 32.1. The van der Waals surface area contributed by atoms with E-state index in [-0.39, 0.29) is 23.2 Å². The van der Waals surface area contributed by atoms with Crippen molar-refractivity contribution in [3.8, 4) is 0 Å². The Balaban J connectivity index is 1.83. The first-order valence-corrected chi connectivity index (χ1v) is 8.05. The number of rotatable bonds is 4. The minimum atomic E-state index is -0.984. The summed E-state index contributed by atoms with van der Waals surface area (Å²) in [4.78, 5) is 35.3. The van der Waals surface area contributed by atoms with Crippen molar-refractivity contribution in [1.82, 2.24) is 9.88 Å². The molecule has 2 aromatic heterocycles. The van der Waals surface area contributed by atoms with E-state index in [1.807, 2.05) is 12.1 Å². The number of carbonyl (C=O) groups excluding carboxylic acids is 2. The molecule has 0 aliphatic rings. The van der Waals surface area contributed by atoms with Gasteiger partial charge in [0.2, 0.25) is 5.91 Å². The van der Waals surface area contributed by atoms with E-state index in [4.69, 9.17) is 5.11 Å². The maximum absolute atomic E-state index is 12.5. The van der Waals surface area contributed by atoms with Gasteiger partial charge in [-0.05, 0) is 23.1 Å². The number of benzene rings is 1. The number of nitrogens with one attached hydrogen (secondary N) is 1. The fourth-order valence-electron chi connectivity index (χ4n) is 2.48. The number of thiophene rings is 1. The Kier molecular flexibility index (Phi) is 4.18. The number of hydrogen-bond donors (Lipinski definition) is 2. The maximum Gasteiger partial charge on any atom is 0.345 e. The van der Waals surface area contributed by atoms with Crippen LogP contribution in [0.25, 0.3) is 10.9 Å². The van der Waals surface area contributed by atoms with Gasteiger partial charge < -0.3 is 10.4 Å². The fourth-order valence-corrected chi connectivity index (χ4v) is 3.23. The summed E-state index contributed by atoms with van der Waals surface area (Å²) in [5.41, 5.74) is 1.81. The van der Waals surface area contributed by atoms with Crippen molar-refractivity contribution >= 4 is 40.0 Å². The van der Waals surface area contributed by atoms with Gasteiger partial charge in [0.05, 0.1) is 11.1 Å². The number of aromatic carboxylic acids is 1. The maximum atomic E-state index is 12.5. The summed E-state index contributed by atoms with van der Waals surface area (Å²) in [7, 11) is 0. The predicted molar refractivity (Wildman–Crippen MR) is 90.7 cm³/mol. The van der Waals surface area contributed by atoms with Crippen molar-refractivity contribution in [2.75, 3.05) is 0 Å². The van der Waals surface area contributed by atoms with Gasteiger partial charge in [0.1, 0.15) is 4.88 Å². The van der Waals surface area contributed by atoms with Gasteiger partial charge in [0.25, 0.3) is 5.91 Å². The van der Waals surface area contributed by atoms with Gasteiger partial charge in [-0.1, -0.05) is 18.2 Å². The third kappa shape index (κ3) is 2.93. The molecule has 0 radical (unpaired) electrons. The average Bonchev–Trinajstić information content (AvgIpc) is 3.17. The second-order valence-corrected chi connectivity index (χ2v) is 6.17. The molecule has 0 bridgehead atoms. The van der Waals surface area contributed by atoms with Gasteiger partial charge in [0, 0.05) is 25.1 Å². The van der Waals surface area contributed by atoms with Crippen LogP contribution in [-0.2, 0) is 6.54 Å². The van der Waals surface area contributed by atoms with Crippen molar-refractivity contribution in [2.24, 2.45) is 0 Å². The van der Waals surface area contributed by atoms with Crippen LogP contribution in [0.15, 0.2) is 41.9 Å². The quantitative estimate of drug-likeness (QED) is 0.763. The minimum absolute atomic E-state index is 0.172. The molecule has 0 fully saturated rings. The summed E-state index contributed by atoms with van der Waals surface area (Å²) >= 11 is 1.12. The lowest BCUT2D eigenvalue weighted by Crippen LogP contribution is -2.22. The van der Waals surface area contributed by atoms with E-state index in [0.717, 1.165) is 16.9 Å². The molecule has 2 N–H and O–H groups in total. The van der Waals surface area contributed by atoms with Crippen LogP contribution in [-0.4, -0.2) is 27.5 Å². The number of carboxylic acids is 1. The monoisotopic (exact) mass is 342 g/mol. The molecule has 24 heavy (non-hydrogen) atoms. The summed E-state index contributed by atoms with van der Waals surface area (Å²) in [5, 5.41) is 14.1. The lowest BCUT2D eigenvalue weighted by Gasteiger charge is -2.02. The molecule has 0 spiro atoms. The van der Waals surface area contributed by atoms with Crippen LogP contribution >= 0.6 is 11.3 Å². The van der Waals surface area contributed by atoms with E-state index < -0.39 is 5.97 Å². The number of para-hydroxylation sites is 1. The number of fused-ring (bicyclic) bond motifs is 1. The van der Waals surface area contributed by atoms with E-state index >= 15 is 0 Å². The highest BCUT2D eigenvalue weighted by Gasteiger charge is 2.16. The van der Waals surface area contributed by atoms with Gasteiger partial charge in [-0.2, -0.15) is 0 Å². The number of carboxylic acid groups (broad SMARTS) is 1. The molecule has 3 rings (SSSR count). The van der Waals surface area contributed by atoms with Gasteiger partial charge in [-0.25, -0.2) is 4.79 Å². The normalized spacial score (nSPS) is 10.7. The summed E-state index contributed by atoms with van der Waals surface area (Å²) in [6.07, 6.45) is 1.53. The second kappa shape index (κ2) is 6.29. The SMILES string of the molecule is CC(=O)n1cc(C(=O)NCc2csc(C(=O)O)c2)c2ccccc21. The smallest absolute Gasteiger partial charge is 0.345 e. The third-order valence-electron chi connectivity index (χ3n) is 3.61. The molecule has 0 aliphatic carbocycles. The Labute approximate surface area is 141 Å². The molecule has 2 heterocycles. The first-order valence-electron chi connectivity index (χ1n) is 7.17. The molecule has 122 valence electrons. The van der Waals surface area contributed by atoms with Crippen molar-refractivity contribution in [3.63, 3.8) is 0 Å². The summed E-state index contributed by atoms with van der Waals surface area (Å²) < 4.78 is 1.44. The lowest BCUT2D eigenvalue weighted by molar-refractivity contribution is 0.0701. The standard InChI is InChI=1S/C17H14N2O4S/c1-10(20)19-8-13(12-4-2-3-5-14(12)19)16(21)18-7-11-6-15(17(22)23)24-9-11/h2-6,8-9H,7H2,1H3,(H,18,21)(H,22,23). The van der Waals surface area contributed by atoms with E-state index in [0.29, 0.717) is 16.5 Å². The van der Waals surface area contributed by atoms with Gasteiger partial charge in [-0.15, -0.1) is 11.3 Å². The van der Waals surface area contributed by atoms with E-state index in [1.54, 1.807) is 17.5 Å². The van der Waals surface area contributed by atoms with Crippen LogP contribution in [0.5, 0.6) is 0 Å². The number of nitrogens with zero attached hydrogens (tertiary/aromatic N) is 1. The van der Waals surface area contributed by atoms with Crippen LogP contribution in [0.3, 0.4) is 0 Å². The van der Waals surface area contributed by atoms with E-state index in [2.05, 4.69) is 5.32 Å². The summed E-state index contributed by atoms with van der Waals surface area (Å²) in [5.74, 6) is -1.47. The average molecular weight is 342 g/mol. The van der Waals surface area contributed by atoms with Crippen LogP contribution in [0.1, 0.15) is 37.3 Å². The molecule has 0 atom stereocenters. The Hall–Kier alpha value is -2.93. The van der Waals surface area contributed by atoms with Gasteiger partial charge in [-0.3, -0.25) is 14.2 Å². The molecular formula is C17H14N2O4S. The number of hydrogen-bond acceptors (Lipinski definition) is 4. The molecule has 1 amide bonds. The third-order valence-corrected chi connectivity index (χ3v) is 4.58. The Morgan fingerprint density at radius 1 is 1.25 bits per heavy atom. The zero-order valence-corrected chi connectivity index (χ0v) is 13.6. The zero-order valence-electron chi connectivity index (χ0n) is 12.8. The molecule has 6 nitrogen and oxygen atoms in total. The van der Waals surface area contributed by atoms with E-state index in [9.17, 15) is 14.4 Å². The molecule has 0 saturated carbocycles. The number of carbonyl (C=O) groups is 3. The Bertz CT molecular complexity index is 955.